The van der Waals surface area contributed by atoms with Crippen molar-refractivity contribution in [1.29, 1.82) is 0 Å². The molecule has 0 amide bonds. The summed E-state index contributed by atoms with van der Waals surface area (Å²) in [5, 5.41) is 15.2. The van der Waals surface area contributed by atoms with Gasteiger partial charge in [-0.1, -0.05) is 23.4 Å². The van der Waals surface area contributed by atoms with Gasteiger partial charge in [0.05, 0.1) is 19.0 Å². The van der Waals surface area contributed by atoms with Crippen LogP contribution in [0.2, 0.25) is 0 Å². The lowest BCUT2D eigenvalue weighted by molar-refractivity contribution is 0.276. The van der Waals surface area contributed by atoms with Crippen LogP contribution in [-0.4, -0.2) is 23.2 Å². The van der Waals surface area contributed by atoms with E-state index in [1.807, 2.05) is 30.3 Å². The van der Waals surface area contributed by atoms with Crippen molar-refractivity contribution in [1.82, 2.24) is 10.5 Å². The summed E-state index contributed by atoms with van der Waals surface area (Å²) in [5.41, 5.74) is 3.94. The maximum atomic E-state index is 8.73. The molecule has 1 aromatic rings. The van der Waals surface area contributed by atoms with Crippen molar-refractivity contribution in [3.63, 3.8) is 0 Å². The van der Waals surface area contributed by atoms with Gasteiger partial charge in [-0.25, -0.2) is 10.0 Å². The van der Waals surface area contributed by atoms with E-state index in [2.05, 4.69) is 10.7 Å². The maximum absolute atomic E-state index is 8.73. The van der Waals surface area contributed by atoms with Gasteiger partial charge in [0.25, 0.3) is 0 Å². The molecule has 0 fully saturated rings. The zero-order valence-corrected chi connectivity index (χ0v) is 9.66. The van der Waals surface area contributed by atoms with Crippen LogP contribution in [0.5, 0.6) is 0 Å². The van der Waals surface area contributed by atoms with Crippen molar-refractivity contribution in [2.45, 2.75) is 6.92 Å². The van der Waals surface area contributed by atoms with Crippen LogP contribution in [0.4, 0.5) is 5.69 Å². The predicted molar refractivity (Wildman–Crippen MR) is 63.9 cm³/mol. The lowest BCUT2D eigenvalue weighted by Gasteiger charge is -2.22. The standard InChI is InChI=1S/C11H14N4O2/c1-9(12-16)14-8-11(17-2)15(13-14)10-6-4-3-5-7-10/h3-8,13,16H,1-2H3. The van der Waals surface area contributed by atoms with Crippen LogP contribution in [0.1, 0.15) is 6.92 Å². The molecular formula is C11H14N4O2. The molecule has 6 nitrogen and oxygen atoms in total. The molecule has 0 saturated heterocycles. The number of para-hydroxylation sites is 1. The highest BCUT2D eigenvalue weighted by Crippen LogP contribution is 2.21. The van der Waals surface area contributed by atoms with E-state index >= 15 is 0 Å². The number of hydrogen-bond acceptors (Lipinski definition) is 5. The van der Waals surface area contributed by atoms with Crippen molar-refractivity contribution in [3.05, 3.63) is 42.4 Å². The Kier molecular flexibility index (Phi) is 3.15. The van der Waals surface area contributed by atoms with Gasteiger partial charge >= 0.3 is 0 Å². The molecule has 90 valence electrons. The Morgan fingerprint density at radius 1 is 1.35 bits per heavy atom. The van der Waals surface area contributed by atoms with Gasteiger partial charge in [0.1, 0.15) is 0 Å². The summed E-state index contributed by atoms with van der Waals surface area (Å²) >= 11 is 0. The van der Waals surface area contributed by atoms with Crippen molar-refractivity contribution < 1.29 is 9.94 Å². The summed E-state index contributed by atoms with van der Waals surface area (Å²) < 4.78 is 5.25. The number of methoxy groups -OCH3 is 1. The summed E-state index contributed by atoms with van der Waals surface area (Å²) in [7, 11) is 1.58. The van der Waals surface area contributed by atoms with Crippen molar-refractivity contribution in [2.75, 3.05) is 12.1 Å². The lowest BCUT2D eigenvalue weighted by atomic mass is 10.3. The molecule has 1 aliphatic rings. The molecule has 0 unspecified atom stereocenters. The number of benzene rings is 1. The molecule has 0 bridgehead atoms. The zero-order valence-electron chi connectivity index (χ0n) is 9.66. The predicted octanol–water partition coefficient (Wildman–Crippen LogP) is 1.48. The van der Waals surface area contributed by atoms with Crippen LogP contribution in [0.3, 0.4) is 0 Å². The van der Waals surface area contributed by atoms with Crippen LogP contribution in [-0.2, 0) is 4.74 Å². The van der Waals surface area contributed by atoms with E-state index in [1.54, 1.807) is 30.3 Å². The van der Waals surface area contributed by atoms with E-state index in [9.17, 15) is 0 Å². The van der Waals surface area contributed by atoms with Gasteiger partial charge < -0.3 is 9.94 Å². The molecule has 0 radical (unpaired) electrons. The largest absolute Gasteiger partial charge is 0.480 e. The zero-order chi connectivity index (χ0) is 12.3. The molecule has 0 aliphatic carbocycles. The minimum absolute atomic E-state index is 0.415. The Balaban J connectivity index is 2.25. The van der Waals surface area contributed by atoms with E-state index in [4.69, 9.17) is 9.94 Å². The molecule has 2 rings (SSSR count). The molecular weight excluding hydrogens is 220 g/mol. The summed E-state index contributed by atoms with van der Waals surface area (Å²) in [4.78, 5) is 0. The van der Waals surface area contributed by atoms with E-state index in [0.29, 0.717) is 11.7 Å². The topological polar surface area (TPSA) is 60.3 Å². The maximum Gasteiger partial charge on any atom is 0.228 e. The third-order valence-corrected chi connectivity index (χ3v) is 2.38. The Bertz CT molecular complexity index is 444. The van der Waals surface area contributed by atoms with Crippen LogP contribution in [0, 0.1) is 0 Å². The Hall–Kier alpha value is -2.21. The van der Waals surface area contributed by atoms with Gasteiger partial charge in [0.15, 0.2) is 5.84 Å². The minimum Gasteiger partial charge on any atom is -0.480 e. The average Bonchev–Trinajstić information content (AvgIpc) is 2.83. The second-order valence-electron chi connectivity index (χ2n) is 3.46. The molecule has 1 heterocycles. The highest BCUT2D eigenvalue weighted by molar-refractivity contribution is 5.80. The van der Waals surface area contributed by atoms with Gasteiger partial charge in [-0.3, -0.25) is 0 Å². The van der Waals surface area contributed by atoms with E-state index in [0.717, 1.165) is 5.69 Å². The number of rotatable bonds is 2. The van der Waals surface area contributed by atoms with Crippen molar-refractivity contribution in [2.24, 2.45) is 5.16 Å². The third-order valence-electron chi connectivity index (χ3n) is 2.38. The first-order chi connectivity index (χ1) is 8.26. The molecule has 0 atom stereocenters. The molecule has 1 aromatic carbocycles. The number of anilines is 1. The first kappa shape index (κ1) is 11.3. The van der Waals surface area contributed by atoms with Crippen LogP contribution < -0.4 is 10.5 Å². The van der Waals surface area contributed by atoms with Gasteiger partial charge in [-0.05, 0) is 19.1 Å². The number of hydrazine groups is 2. The van der Waals surface area contributed by atoms with E-state index in [-0.39, 0.29) is 0 Å². The Morgan fingerprint density at radius 3 is 2.65 bits per heavy atom. The Labute approximate surface area is 99.3 Å². The lowest BCUT2D eigenvalue weighted by Crippen LogP contribution is -2.43. The van der Waals surface area contributed by atoms with Crippen LogP contribution in [0.15, 0.2) is 47.6 Å². The average molecular weight is 234 g/mol. The summed E-state index contributed by atoms with van der Waals surface area (Å²) in [6.07, 6.45) is 1.70. The van der Waals surface area contributed by atoms with Gasteiger partial charge in [0.2, 0.25) is 5.88 Å². The molecule has 6 heteroatoms. The molecule has 0 aromatic heterocycles. The third kappa shape index (κ3) is 2.16. The number of hydrogen-bond donors (Lipinski definition) is 2. The number of nitrogens with one attached hydrogen (secondary N) is 1. The van der Waals surface area contributed by atoms with E-state index in [1.165, 1.54) is 0 Å². The highest BCUT2D eigenvalue weighted by Gasteiger charge is 2.24. The van der Waals surface area contributed by atoms with Crippen molar-refractivity contribution >= 4 is 11.5 Å². The molecule has 1 aliphatic heterocycles. The highest BCUT2D eigenvalue weighted by atomic mass is 16.5. The molecule has 0 saturated carbocycles. The second-order valence-corrected chi connectivity index (χ2v) is 3.46. The fraction of sp³-hybridized carbons (Fsp3) is 0.182. The van der Waals surface area contributed by atoms with Crippen LogP contribution in [0.25, 0.3) is 0 Å². The molecule has 17 heavy (non-hydrogen) atoms. The summed E-state index contributed by atoms with van der Waals surface area (Å²) in [5.74, 6) is 1.03. The number of amidine groups is 1. The number of oxime groups is 1. The normalized spacial score (nSPS) is 16.1. The second kappa shape index (κ2) is 4.75. The van der Waals surface area contributed by atoms with Gasteiger partial charge in [-0.2, -0.15) is 0 Å². The smallest absolute Gasteiger partial charge is 0.228 e. The summed E-state index contributed by atoms with van der Waals surface area (Å²) in [6, 6.07) is 9.68. The fourth-order valence-corrected chi connectivity index (χ4v) is 1.47. The van der Waals surface area contributed by atoms with Gasteiger partial charge in [0, 0.05) is 0 Å². The van der Waals surface area contributed by atoms with Crippen molar-refractivity contribution in [3.8, 4) is 0 Å². The SMILES string of the molecule is COC1=CN(C(C)=NO)NN1c1ccccc1. The quantitative estimate of drug-likeness (QED) is 0.351. The number of ether oxygens (including phenoxy) is 1. The van der Waals surface area contributed by atoms with Crippen LogP contribution >= 0.6 is 0 Å². The van der Waals surface area contributed by atoms with Gasteiger partial charge in [-0.15, -0.1) is 5.53 Å². The molecule has 2 N–H and O–H groups in total. The first-order valence-electron chi connectivity index (χ1n) is 5.11. The first-order valence-corrected chi connectivity index (χ1v) is 5.11. The number of nitrogens with zero attached hydrogens (tertiary/aromatic N) is 3. The monoisotopic (exact) mass is 234 g/mol. The fourth-order valence-electron chi connectivity index (χ4n) is 1.47. The summed E-state index contributed by atoms with van der Waals surface area (Å²) in [6.45, 7) is 1.67. The van der Waals surface area contributed by atoms with E-state index < -0.39 is 0 Å². The molecule has 0 spiro atoms. The Morgan fingerprint density at radius 2 is 2.06 bits per heavy atom. The minimum atomic E-state index is 0.415.